The first-order valence-corrected chi connectivity index (χ1v) is 12.4. The molecule has 182 valence electrons. The minimum absolute atomic E-state index is 0. The van der Waals surface area contributed by atoms with Gasteiger partial charge in [0, 0.05) is 43.1 Å². The van der Waals surface area contributed by atoms with E-state index in [4.69, 9.17) is 0 Å². The summed E-state index contributed by atoms with van der Waals surface area (Å²) in [5.41, 5.74) is 6.03. The van der Waals surface area contributed by atoms with Gasteiger partial charge in [0.1, 0.15) is 5.78 Å². The third-order valence-electron chi connectivity index (χ3n) is 7.14. The fourth-order valence-corrected chi connectivity index (χ4v) is 5.37. The normalized spacial score (nSPS) is 15.0. The fraction of sp³-hybridized carbons (Fsp3) is 0.333. The Morgan fingerprint density at radius 1 is 1.09 bits per heavy atom. The number of aryl methyl sites for hydroxylation is 1. The third-order valence-corrected chi connectivity index (χ3v) is 7.14. The van der Waals surface area contributed by atoms with E-state index in [1.165, 1.54) is 27.6 Å². The summed E-state index contributed by atoms with van der Waals surface area (Å²) in [5.74, 6) is 0.919. The summed E-state index contributed by atoms with van der Waals surface area (Å²) in [6, 6.07) is 21.3. The zero-order chi connectivity index (χ0) is 23.3. The molecule has 3 heterocycles. The van der Waals surface area contributed by atoms with Crippen molar-refractivity contribution in [2.24, 2.45) is 5.92 Å². The van der Waals surface area contributed by atoms with Crippen LogP contribution in [0.3, 0.4) is 0 Å². The van der Waals surface area contributed by atoms with E-state index in [1.807, 2.05) is 18.5 Å². The number of pyridine rings is 1. The molecule has 1 saturated heterocycles. The van der Waals surface area contributed by atoms with Crippen LogP contribution in [0.1, 0.15) is 53.9 Å². The Hall–Kier alpha value is -2.95. The quantitative estimate of drug-likeness (QED) is 0.317. The number of hydrogen-bond acceptors (Lipinski definition) is 3. The van der Waals surface area contributed by atoms with Gasteiger partial charge in [0.25, 0.3) is 0 Å². The highest BCUT2D eigenvalue weighted by atomic mass is 35.5. The van der Waals surface area contributed by atoms with E-state index in [0.717, 1.165) is 38.0 Å². The Morgan fingerprint density at radius 2 is 1.89 bits per heavy atom. The van der Waals surface area contributed by atoms with Crippen molar-refractivity contribution >= 4 is 29.1 Å². The molecule has 1 aliphatic heterocycles. The average Bonchev–Trinajstić information content (AvgIpc) is 3.22. The molecule has 0 amide bonds. The van der Waals surface area contributed by atoms with Crippen LogP contribution >= 0.6 is 12.4 Å². The van der Waals surface area contributed by atoms with Crippen molar-refractivity contribution < 1.29 is 4.79 Å². The first kappa shape index (κ1) is 25.2. The van der Waals surface area contributed by atoms with Crippen molar-refractivity contribution in [3.05, 3.63) is 102 Å². The molecule has 2 aromatic heterocycles. The molecular formula is C30H34ClN3O. The molecule has 1 atom stereocenters. The molecule has 0 radical (unpaired) electrons. The van der Waals surface area contributed by atoms with Gasteiger partial charge >= 0.3 is 0 Å². The van der Waals surface area contributed by atoms with Crippen LogP contribution in [0.25, 0.3) is 10.9 Å². The molecule has 0 spiro atoms. The van der Waals surface area contributed by atoms with Gasteiger partial charge in [-0.3, -0.25) is 9.78 Å². The minimum atomic E-state index is 0. The smallest absolute Gasteiger partial charge is 0.134 e. The topological polar surface area (TPSA) is 46.9 Å². The number of nitrogens with zero attached hydrogens (tertiary/aromatic N) is 2. The molecule has 1 N–H and O–H groups in total. The van der Waals surface area contributed by atoms with Gasteiger partial charge in [0.2, 0.25) is 0 Å². The zero-order valence-corrected chi connectivity index (χ0v) is 21.1. The largest absolute Gasteiger partial charge is 0.341 e. The van der Waals surface area contributed by atoms with Crippen molar-refractivity contribution in [2.45, 2.75) is 45.1 Å². The molecule has 5 rings (SSSR count). The lowest BCUT2D eigenvalue weighted by Gasteiger charge is -2.23. The second-order valence-electron chi connectivity index (χ2n) is 9.70. The lowest BCUT2D eigenvalue weighted by Crippen LogP contribution is -2.29. The second kappa shape index (κ2) is 11.7. The Labute approximate surface area is 214 Å². The van der Waals surface area contributed by atoms with E-state index < -0.39 is 0 Å². The van der Waals surface area contributed by atoms with E-state index in [-0.39, 0.29) is 18.3 Å². The third kappa shape index (κ3) is 6.01. The van der Waals surface area contributed by atoms with Crippen molar-refractivity contribution in [2.75, 3.05) is 13.1 Å². The Morgan fingerprint density at radius 3 is 2.66 bits per heavy atom. The molecule has 1 unspecified atom stereocenters. The summed E-state index contributed by atoms with van der Waals surface area (Å²) in [5, 5.41) is 4.60. The van der Waals surface area contributed by atoms with Crippen LogP contribution < -0.4 is 5.32 Å². The van der Waals surface area contributed by atoms with Crippen LogP contribution in [0.15, 0.2) is 79.3 Å². The van der Waals surface area contributed by atoms with Crippen molar-refractivity contribution in [3.8, 4) is 0 Å². The van der Waals surface area contributed by atoms with Gasteiger partial charge in [-0.15, -0.1) is 12.4 Å². The van der Waals surface area contributed by atoms with Gasteiger partial charge in [-0.2, -0.15) is 0 Å². The highest BCUT2D eigenvalue weighted by Crippen LogP contribution is 2.36. The summed E-state index contributed by atoms with van der Waals surface area (Å²) in [6.07, 6.45) is 9.50. The predicted molar refractivity (Wildman–Crippen MR) is 145 cm³/mol. The van der Waals surface area contributed by atoms with Gasteiger partial charge in [0.05, 0.1) is 11.7 Å². The minimum Gasteiger partial charge on any atom is -0.341 e. The van der Waals surface area contributed by atoms with Gasteiger partial charge < -0.3 is 9.88 Å². The molecule has 0 saturated carbocycles. The number of hydrogen-bond donors (Lipinski definition) is 1. The van der Waals surface area contributed by atoms with Gasteiger partial charge in [-0.25, -0.2) is 0 Å². The van der Waals surface area contributed by atoms with E-state index in [0.29, 0.717) is 24.5 Å². The lowest BCUT2D eigenvalue weighted by atomic mass is 9.83. The number of nitrogens with one attached hydrogen (secondary N) is 1. The number of carbonyl (C=O) groups excluding carboxylic acids is 1. The molecule has 35 heavy (non-hydrogen) atoms. The molecule has 0 bridgehead atoms. The van der Waals surface area contributed by atoms with Crippen LogP contribution in [-0.2, 0) is 11.3 Å². The number of halogens is 1. The van der Waals surface area contributed by atoms with Gasteiger partial charge in [0.15, 0.2) is 0 Å². The summed E-state index contributed by atoms with van der Waals surface area (Å²) >= 11 is 0. The van der Waals surface area contributed by atoms with Crippen LogP contribution in [-0.4, -0.2) is 28.4 Å². The van der Waals surface area contributed by atoms with Crippen molar-refractivity contribution in [3.63, 3.8) is 0 Å². The predicted octanol–water partition coefficient (Wildman–Crippen LogP) is 6.30. The molecule has 2 aromatic carbocycles. The number of fused-ring (bicyclic) bond motifs is 1. The molecule has 1 fully saturated rings. The summed E-state index contributed by atoms with van der Waals surface area (Å²) in [4.78, 5) is 17.8. The molecule has 5 heteroatoms. The molecule has 4 aromatic rings. The number of rotatable bonds is 8. The number of carbonyl (C=O) groups is 1. The van der Waals surface area contributed by atoms with E-state index in [9.17, 15) is 4.79 Å². The highest BCUT2D eigenvalue weighted by Gasteiger charge is 2.25. The standard InChI is InChI=1S/C30H33N3O.ClH/c1-22-6-5-9-25(16-22)28(18-26(34)17-23-10-13-31-14-11-23)29-21-33(20-24-7-3-2-4-8-24)30-19-32-15-12-27(29)30;/h2-9,12,15-16,19,21,23,28,31H,10-11,13-14,17-18,20H2,1H3;1H. The summed E-state index contributed by atoms with van der Waals surface area (Å²) in [7, 11) is 0. The molecule has 4 nitrogen and oxygen atoms in total. The maximum atomic E-state index is 13.3. The van der Waals surface area contributed by atoms with E-state index >= 15 is 0 Å². The fourth-order valence-electron chi connectivity index (χ4n) is 5.37. The van der Waals surface area contributed by atoms with Crippen LogP contribution in [0, 0.1) is 12.8 Å². The van der Waals surface area contributed by atoms with Crippen LogP contribution in [0.5, 0.6) is 0 Å². The summed E-state index contributed by atoms with van der Waals surface area (Å²) < 4.78 is 2.28. The maximum Gasteiger partial charge on any atom is 0.134 e. The number of aromatic nitrogens is 2. The number of ketones is 1. The first-order chi connectivity index (χ1) is 16.7. The van der Waals surface area contributed by atoms with E-state index in [2.05, 4.69) is 82.6 Å². The average molecular weight is 488 g/mol. The van der Waals surface area contributed by atoms with Gasteiger partial charge in [-0.1, -0.05) is 60.2 Å². The molecular weight excluding hydrogens is 454 g/mol. The highest BCUT2D eigenvalue weighted by molar-refractivity contribution is 5.86. The zero-order valence-electron chi connectivity index (χ0n) is 20.3. The lowest BCUT2D eigenvalue weighted by molar-refractivity contribution is -0.120. The second-order valence-corrected chi connectivity index (χ2v) is 9.70. The Balaban J connectivity index is 0.00000289. The van der Waals surface area contributed by atoms with E-state index in [1.54, 1.807) is 0 Å². The van der Waals surface area contributed by atoms with Crippen molar-refractivity contribution in [1.29, 1.82) is 0 Å². The number of benzene rings is 2. The maximum absolute atomic E-state index is 13.3. The molecule has 0 aliphatic carbocycles. The summed E-state index contributed by atoms with van der Waals surface area (Å²) in [6.45, 7) is 4.96. The first-order valence-electron chi connectivity index (χ1n) is 12.4. The van der Waals surface area contributed by atoms with Gasteiger partial charge in [-0.05, 0) is 61.5 Å². The number of Topliss-reactive ketones (excluding diaryl/α,β-unsaturated/α-hetero) is 1. The SMILES string of the molecule is Cc1cccc(C(CC(=O)CC2CCNCC2)c2cn(Cc3ccccc3)c3cnccc23)c1.Cl. The number of piperidine rings is 1. The van der Waals surface area contributed by atoms with Crippen molar-refractivity contribution in [1.82, 2.24) is 14.9 Å². The Kier molecular flexibility index (Phi) is 8.37. The Bertz CT molecular complexity index is 1260. The molecule has 1 aliphatic rings. The van der Waals surface area contributed by atoms with Crippen LogP contribution in [0.2, 0.25) is 0 Å². The monoisotopic (exact) mass is 487 g/mol. The van der Waals surface area contributed by atoms with Crippen LogP contribution in [0.4, 0.5) is 0 Å².